The summed E-state index contributed by atoms with van der Waals surface area (Å²) in [4.78, 5) is 0. The molecule has 2 heteroatoms. The lowest BCUT2D eigenvalue weighted by atomic mass is 9.95. The largest absolute Gasteiger partial charge is 0.388 e. The molecule has 0 fully saturated rings. The summed E-state index contributed by atoms with van der Waals surface area (Å²) >= 11 is 0. The van der Waals surface area contributed by atoms with Gasteiger partial charge >= 0.3 is 0 Å². The summed E-state index contributed by atoms with van der Waals surface area (Å²) in [6.45, 7) is 4.11. The molecule has 0 saturated carbocycles. The average molecular weight is 325 g/mol. The van der Waals surface area contributed by atoms with Gasteiger partial charge in [-0.05, 0) is 62.6 Å². The molecule has 0 spiro atoms. The summed E-state index contributed by atoms with van der Waals surface area (Å²) in [6, 6.07) is 18.9. The number of benzene rings is 2. The van der Waals surface area contributed by atoms with E-state index in [2.05, 4.69) is 62.4 Å². The zero-order valence-electron chi connectivity index (χ0n) is 15.0. The second-order valence-corrected chi connectivity index (χ2v) is 7.48. The molecule has 0 radical (unpaired) electrons. The number of hydrogen-bond donors (Lipinski definition) is 2. The number of nitrogens with two attached hydrogens (primary N) is 1. The topological polar surface area (TPSA) is 46.2 Å². The lowest BCUT2D eigenvalue weighted by Crippen LogP contribution is -2.32. The summed E-state index contributed by atoms with van der Waals surface area (Å²) in [6.07, 6.45) is 5.65. The summed E-state index contributed by atoms with van der Waals surface area (Å²) in [5.74, 6) is 0. The van der Waals surface area contributed by atoms with Gasteiger partial charge in [0.1, 0.15) is 0 Å². The van der Waals surface area contributed by atoms with Crippen molar-refractivity contribution in [3.8, 4) is 0 Å². The van der Waals surface area contributed by atoms with Crippen molar-refractivity contribution in [2.24, 2.45) is 5.73 Å². The molecule has 0 aromatic heterocycles. The monoisotopic (exact) mass is 325 g/mol. The molecule has 0 heterocycles. The molecule has 0 saturated heterocycles. The number of aryl methyl sites for hydroxylation is 2. The standard InChI is InChI=1S/C22H31NO/c1-22(2,23)17-16-19-12-14-20(15-13-19)21(24)11-7-6-10-18-8-4-3-5-9-18/h3-5,8-9,12-15,21,24H,6-7,10-11,16-17,23H2,1-2H3. The van der Waals surface area contributed by atoms with E-state index < -0.39 is 0 Å². The fraction of sp³-hybridized carbons (Fsp3) is 0.455. The van der Waals surface area contributed by atoms with E-state index in [1.165, 1.54) is 11.1 Å². The summed E-state index contributed by atoms with van der Waals surface area (Å²) in [7, 11) is 0. The number of rotatable bonds is 9. The predicted octanol–water partition coefficient (Wildman–Crippen LogP) is 4.80. The Kier molecular flexibility index (Phi) is 7.01. The third-order valence-corrected chi connectivity index (χ3v) is 4.46. The van der Waals surface area contributed by atoms with Crippen LogP contribution in [0.25, 0.3) is 0 Å². The highest BCUT2D eigenvalue weighted by molar-refractivity contribution is 5.24. The number of hydrogen-bond acceptors (Lipinski definition) is 2. The van der Waals surface area contributed by atoms with Crippen LogP contribution in [0.15, 0.2) is 54.6 Å². The summed E-state index contributed by atoms with van der Waals surface area (Å²) in [5, 5.41) is 10.3. The Morgan fingerprint density at radius 2 is 1.50 bits per heavy atom. The first-order chi connectivity index (χ1) is 11.4. The minimum absolute atomic E-state index is 0.128. The molecule has 2 nitrogen and oxygen atoms in total. The third-order valence-electron chi connectivity index (χ3n) is 4.46. The van der Waals surface area contributed by atoms with Gasteiger partial charge in [-0.15, -0.1) is 0 Å². The van der Waals surface area contributed by atoms with Crippen molar-refractivity contribution in [1.82, 2.24) is 0 Å². The first-order valence-electron chi connectivity index (χ1n) is 9.04. The van der Waals surface area contributed by atoms with Gasteiger partial charge < -0.3 is 10.8 Å². The molecule has 0 aliphatic rings. The highest BCUT2D eigenvalue weighted by Gasteiger charge is 2.11. The lowest BCUT2D eigenvalue weighted by Gasteiger charge is -2.18. The van der Waals surface area contributed by atoms with Crippen molar-refractivity contribution in [2.75, 3.05) is 0 Å². The smallest absolute Gasteiger partial charge is 0.0790 e. The van der Waals surface area contributed by atoms with Crippen LogP contribution in [0.4, 0.5) is 0 Å². The van der Waals surface area contributed by atoms with Crippen LogP contribution < -0.4 is 5.73 Å². The first kappa shape index (κ1) is 18.7. The van der Waals surface area contributed by atoms with Crippen LogP contribution >= 0.6 is 0 Å². The van der Waals surface area contributed by atoms with E-state index in [1.807, 2.05) is 6.07 Å². The molecule has 24 heavy (non-hydrogen) atoms. The molecule has 130 valence electrons. The highest BCUT2D eigenvalue weighted by Crippen LogP contribution is 2.21. The second kappa shape index (κ2) is 9.00. The van der Waals surface area contributed by atoms with E-state index in [1.54, 1.807) is 0 Å². The van der Waals surface area contributed by atoms with Gasteiger partial charge in [0.2, 0.25) is 0 Å². The zero-order valence-corrected chi connectivity index (χ0v) is 15.0. The van der Waals surface area contributed by atoms with Gasteiger partial charge in [0, 0.05) is 5.54 Å². The van der Waals surface area contributed by atoms with Crippen molar-refractivity contribution in [3.63, 3.8) is 0 Å². The van der Waals surface area contributed by atoms with Crippen LogP contribution in [0.2, 0.25) is 0 Å². The fourth-order valence-corrected chi connectivity index (χ4v) is 2.85. The molecule has 0 aliphatic carbocycles. The van der Waals surface area contributed by atoms with Crippen LogP contribution in [-0.4, -0.2) is 10.6 Å². The normalized spacial score (nSPS) is 13.0. The molecule has 0 bridgehead atoms. The molecular weight excluding hydrogens is 294 g/mol. The molecule has 0 amide bonds. The average Bonchev–Trinajstić information content (AvgIpc) is 2.57. The maximum absolute atomic E-state index is 10.3. The molecule has 2 aromatic rings. The van der Waals surface area contributed by atoms with Crippen molar-refractivity contribution >= 4 is 0 Å². The van der Waals surface area contributed by atoms with Gasteiger partial charge in [0.25, 0.3) is 0 Å². The van der Waals surface area contributed by atoms with Crippen molar-refractivity contribution in [3.05, 3.63) is 71.3 Å². The number of aliphatic hydroxyl groups is 1. The van der Waals surface area contributed by atoms with Crippen LogP contribution in [0, 0.1) is 0 Å². The van der Waals surface area contributed by atoms with E-state index in [9.17, 15) is 5.11 Å². The van der Waals surface area contributed by atoms with Gasteiger partial charge in [-0.25, -0.2) is 0 Å². The second-order valence-electron chi connectivity index (χ2n) is 7.48. The van der Waals surface area contributed by atoms with Crippen LogP contribution in [0.3, 0.4) is 0 Å². The third kappa shape index (κ3) is 6.86. The van der Waals surface area contributed by atoms with Crippen molar-refractivity contribution in [2.45, 2.75) is 64.0 Å². The Hall–Kier alpha value is -1.64. The van der Waals surface area contributed by atoms with Gasteiger partial charge in [-0.3, -0.25) is 0 Å². The maximum Gasteiger partial charge on any atom is 0.0790 e. The van der Waals surface area contributed by atoms with Gasteiger partial charge in [0.05, 0.1) is 6.10 Å². The van der Waals surface area contributed by atoms with E-state index in [4.69, 9.17) is 5.73 Å². The molecule has 1 atom stereocenters. The Bertz CT molecular complexity index is 584. The van der Waals surface area contributed by atoms with Gasteiger partial charge in [0.15, 0.2) is 0 Å². The Labute approximate surface area is 146 Å². The SMILES string of the molecule is CC(C)(N)CCc1ccc(C(O)CCCCc2ccccc2)cc1. The minimum Gasteiger partial charge on any atom is -0.388 e. The summed E-state index contributed by atoms with van der Waals surface area (Å²) in [5.41, 5.74) is 9.58. The fourth-order valence-electron chi connectivity index (χ4n) is 2.85. The molecule has 1 unspecified atom stereocenters. The Morgan fingerprint density at radius 3 is 2.12 bits per heavy atom. The van der Waals surface area contributed by atoms with Crippen molar-refractivity contribution < 1.29 is 5.11 Å². The minimum atomic E-state index is -0.360. The number of unbranched alkanes of at least 4 members (excludes halogenated alkanes) is 1. The van der Waals surface area contributed by atoms with Crippen LogP contribution in [0.5, 0.6) is 0 Å². The predicted molar refractivity (Wildman–Crippen MR) is 102 cm³/mol. The van der Waals surface area contributed by atoms with Crippen molar-refractivity contribution in [1.29, 1.82) is 0 Å². The van der Waals surface area contributed by atoms with E-state index >= 15 is 0 Å². The van der Waals surface area contributed by atoms with E-state index in [0.29, 0.717) is 0 Å². The molecular formula is C22H31NO. The lowest BCUT2D eigenvalue weighted by molar-refractivity contribution is 0.163. The molecule has 0 aliphatic heterocycles. The zero-order chi connectivity index (χ0) is 17.4. The Morgan fingerprint density at radius 1 is 0.875 bits per heavy atom. The Balaban J connectivity index is 1.73. The molecule has 3 N–H and O–H groups in total. The number of aliphatic hydroxyl groups excluding tert-OH is 1. The van der Waals surface area contributed by atoms with Gasteiger partial charge in [-0.1, -0.05) is 61.0 Å². The molecule has 2 rings (SSSR count). The highest BCUT2D eigenvalue weighted by atomic mass is 16.3. The summed E-state index contributed by atoms with van der Waals surface area (Å²) < 4.78 is 0. The van der Waals surface area contributed by atoms with Gasteiger partial charge in [-0.2, -0.15) is 0 Å². The quantitative estimate of drug-likeness (QED) is 0.650. The van der Waals surface area contributed by atoms with E-state index in [0.717, 1.165) is 44.1 Å². The molecule has 2 aromatic carbocycles. The first-order valence-corrected chi connectivity index (χ1v) is 9.04. The maximum atomic E-state index is 10.3. The van der Waals surface area contributed by atoms with Crippen LogP contribution in [0.1, 0.15) is 62.3 Å². The van der Waals surface area contributed by atoms with E-state index in [-0.39, 0.29) is 11.6 Å². The van der Waals surface area contributed by atoms with Crippen LogP contribution in [-0.2, 0) is 12.8 Å².